The number of halogens is 1. The molecule has 110 valence electrons. The third kappa shape index (κ3) is 3.64. The number of rotatable bonds is 4. The van der Waals surface area contributed by atoms with Gasteiger partial charge in [-0.2, -0.15) is 0 Å². The number of amides is 1. The first-order chi connectivity index (χ1) is 10.0. The topological polar surface area (TPSA) is 77.2 Å². The van der Waals surface area contributed by atoms with Crippen molar-refractivity contribution in [2.75, 3.05) is 12.8 Å². The van der Waals surface area contributed by atoms with Crippen molar-refractivity contribution in [3.63, 3.8) is 0 Å². The molecule has 0 fully saturated rings. The van der Waals surface area contributed by atoms with Crippen LogP contribution in [0.15, 0.2) is 36.5 Å². The Morgan fingerprint density at radius 2 is 2.05 bits per heavy atom. The highest BCUT2D eigenvalue weighted by Crippen LogP contribution is 2.20. The van der Waals surface area contributed by atoms with Crippen molar-refractivity contribution >= 4 is 23.2 Å². The number of carbonyl (C=O) groups is 1. The Labute approximate surface area is 128 Å². The number of anilines is 1. The summed E-state index contributed by atoms with van der Waals surface area (Å²) in [5, 5.41) is 2.99. The number of methoxy groups -OCH3 is 1. The van der Waals surface area contributed by atoms with E-state index < -0.39 is 0 Å². The molecule has 0 saturated carbocycles. The number of nitrogens with zero attached hydrogens (tertiary/aromatic N) is 1. The molecule has 1 amide bonds. The summed E-state index contributed by atoms with van der Waals surface area (Å²) in [6, 6.07) is 8.79. The molecule has 5 nitrogen and oxygen atoms in total. The van der Waals surface area contributed by atoms with Crippen molar-refractivity contribution in [3.05, 3.63) is 52.8 Å². The van der Waals surface area contributed by atoms with Crippen LogP contribution in [0.5, 0.6) is 5.75 Å². The summed E-state index contributed by atoms with van der Waals surface area (Å²) in [4.78, 5) is 16.1. The van der Waals surface area contributed by atoms with Crippen LogP contribution >= 0.6 is 11.6 Å². The number of nitrogen functional groups attached to an aromatic ring is 1. The molecule has 0 saturated heterocycles. The molecule has 0 aliphatic carbocycles. The number of hydrogen-bond donors (Lipinski definition) is 2. The largest absolute Gasteiger partial charge is 0.497 e. The summed E-state index contributed by atoms with van der Waals surface area (Å²) in [5.41, 5.74) is 7.23. The number of nitrogens with two attached hydrogens (primary N) is 1. The molecule has 0 aliphatic heterocycles. The van der Waals surface area contributed by atoms with E-state index in [2.05, 4.69) is 10.3 Å². The Hall–Kier alpha value is -2.27. The Morgan fingerprint density at radius 1 is 1.38 bits per heavy atom. The summed E-state index contributed by atoms with van der Waals surface area (Å²) in [6.45, 7) is 1.88. The maximum absolute atomic E-state index is 12.2. The van der Waals surface area contributed by atoms with Gasteiger partial charge in [-0.1, -0.05) is 23.7 Å². The molecule has 1 atom stereocenters. The van der Waals surface area contributed by atoms with E-state index in [1.165, 1.54) is 12.3 Å². The lowest BCUT2D eigenvalue weighted by Crippen LogP contribution is -2.27. The monoisotopic (exact) mass is 305 g/mol. The summed E-state index contributed by atoms with van der Waals surface area (Å²) in [7, 11) is 1.61. The van der Waals surface area contributed by atoms with E-state index in [0.29, 0.717) is 5.69 Å². The van der Waals surface area contributed by atoms with Crippen LogP contribution in [0.1, 0.15) is 28.9 Å². The van der Waals surface area contributed by atoms with Crippen LogP contribution in [0.2, 0.25) is 5.15 Å². The van der Waals surface area contributed by atoms with Crippen LogP contribution in [-0.2, 0) is 0 Å². The number of carbonyl (C=O) groups excluding carboxylic acids is 1. The van der Waals surface area contributed by atoms with Crippen LogP contribution in [-0.4, -0.2) is 18.0 Å². The second kappa shape index (κ2) is 6.45. The molecule has 2 rings (SSSR count). The first-order valence-electron chi connectivity index (χ1n) is 6.37. The van der Waals surface area contributed by atoms with Crippen LogP contribution in [0, 0.1) is 0 Å². The van der Waals surface area contributed by atoms with Gasteiger partial charge in [-0.25, -0.2) is 4.98 Å². The molecule has 6 heteroatoms. The fourth-order valence-corrected chi connectivity index (χ4v) is 2.06. The molecule has 21 heavy (non-hydrogen) atoms. The zero-order chi connectivity index (χ0) is 15.4. The molecular formula is C15H16ClN3O2. The summed E-state index contributed by atoms with van der Waals surface area (Å²) in [5.74, 6) is 0.448. The Morgan fingerprint density at radius 3 is 2.67 bits per heavy atom. The average Bonchev–Trinajstić information content (AvgIpc) is 2.49. The highest BCUT2D eigenvalue weighted by molar-refractivity contribution is 6.32. The SMILES string of the molecule is COc1ccc(C(C)NC(=O)c2cc(N)cnc2Cl)cc1. The van der Waals surface area contributed by atoms with Gasteiger partial charge in [-0.05, 0) is 30.7 Å². The maximum atomic E-state index is 12.2. The van der Waals surface area contributed by atoms with Crippen LogP contribution in [0.3, 0.4) is 0 Å². The van der Waals surface area contributed by atoms with E-state index in [-0.39, 0.29) is 22.7 Å². The highest BCUT2D eigenvalue weighted by atomic mass is 35.5. The quantitative estimate of drug-likeness (QED) is 0.852. The molecular weight excluding hydrogens is 290 g/mol. The van der Waals surface area contributed by atoms with Crippen molar-refractivity contribution in [2.24, 2.45) is 0 Å². The zero-order valence-electron chi connectivity index (χ0n) is 11.8. The number of ether oxygens (including phenoxy) is 1. The van der Waals surface area contributed by atoms with E-state index in [9.17, 15) is 4.79 Å². The summed E-state index contributed by atoms with van der Waals surface area (Å²) in [6.07, 6.45) is 1.41. The minimum absolute atomic E-state index is 0.128. The first kappa shape index (κ1) is 15.1. The minimum atomic E-state index is -0.317. The second-order valence-electron chi connectivity index (χ2n) is 4.58. The molecule has 1 aromatic heterocycles. The molecule has 0 radical (unpaired) electrons. The molecule has 0 spiro atoms. The predicted molar refractivity (Wildman–Crippen MR) is 82.5 cm³/mol. The second-order valence-corrected chi connectivity index (χ2v) is 4.93. The van der Waals surface area contributed by atoms with Gasteiger partial charge in [0.15, 0.2) is 0 Å². The Kier molecular flexibility index (Phi) is 4.65. The lowest BCUT2D eigenvalue weighted by atomic mass is 10.1. The van der Waals surface area contributed by atoms with Gasteiger partial charge in [0.25, 0.3) is 5.91 Å². The van der Waals surface area contributed by atoms with Gasteiger partial charge in [0.1, 0.15) is 10.9 Å². The van der Waals surface area contributed by atoms with Gasteiger partial charge in [0.2, 0.25) is 0 Å². The lowest BCUT2D eigenvalue weighted by Gasteiger charge is -2.15. The predicted octanol–water partition coefficient (Wildman–Crippen LogP) is 2.82. The molecule has 1 heterocycles. The van der Waals surface area contributed by atoms with Gasteiger partial charge >= 0.3 is 0 Å². The smallest absolute Gasteiger partial charge is 0.254 e. The molecule has 0 bridgehead atoms. The van der Waals surface area contributed by atoms with E-state index in [1.807, 2.05) is 31.2 Å². The van der Waals surface area contributed by atoms with E-state index in [4.69, 9.17) is 22.1 Å². The van der Waals surface area contributed by atoms with Gasteiger partial charge in [-0.15, -0.1) is 0 Å². The third-order valence-electron chi connectivity index (χ3n) is 3.07. The van der Waals surface area contributed by atoms with Crippen LogP contribution in [0.25, 0.3) is 0 Å². The standard InChI is InChI=1S/C15H16ClN3O2/c1-9(10-3-5-12(21-2)6-4-10)19-15(20)13-7-11(17)8-18-14(13)16/h3-9H,17H2,1-2H3,(H,19,20). The highest BCUT2D eigenvalue weighted by Gasteiger charge is 2.15. The molecule has 2 aromatic rings. The normalized spacial score (nSPS) is 11.8. The maximum Gasteiger partial charge on any atom is 0.254 e. The van der Waals surface area contributed by atoms with E-state index >= 15 is 0 Å². The van der Waals surface area contributed by atoms with Gasteiger partial charge in [0.05, 0.1) is 30.6 Å². The number of benzene rings is 1. The van der Waals surface area contributed by atoms with Crippen LogP contribution < -0.4 is 15.8 Å². The average molecular weight is 306 g/mol. The fraction of sp³-hybridized carbons (Fsp3) is 0.200. The zero-order valence-corrected chi connectivity index (χ0v) is 12.5. The molecule has 1 aromatic carbocycles. The molecule has 1 unspecified atom stereocenters. The number of aromatic nitrogens is 1. The summed E-state index contributed by atoms with van der Waals surface area (Å²) >= 11 is 5.92. The van der Waals surface area contributed by atoms with Crippen molar-refractivity contribution in [1.82, 2.24) is 10.3 Å². The molecule has 0 aliphatic rings. The summed E-state index contributed by atoms with van der Waals surface area (Å²) < 4.78 is 5.10. The first-order valence-corrected chi connectivity index (χ1v) is 6.75. The van der Waals surface area contributed by atoms with Crippen molar-refractivity contribution in [2.45, 2.75) is 13.0 Å². The minimum Gasteiger partial charge on any atom is -0.497 e. The third-order valence-corrected chi connectivity index (χ3v) is 3.37. The fourth-order valence-electron chi connectivity index (χ4n) is 1.87. The number of pyridine rings is 1. The van der Waals surface area contributed by atoms with Gasteiger partial charge < -0.3 is 15.8 Å². The van der Waals surface area contributed by atoms with Gasteiger partial charge in [-0.3, -0.25) is 4.79 Å². The van der Waals surface area contributed by atoms with Crippen LogP contribution in [0.4, 0.5) is 5.69 Å². The van der Waals surface area contributed by atoms with Gasteiger partial charge in [0, 0.05) is 0 Å². The van der Waals surface area contributed by atoms with Crippen molar-refractivity contribution in [1.29, 1.82) is 0 Å². The Bertz CT molecular complexity index is 644. The van der Waals surface area contributed by atoms with E-state index in [0.717, 1.165) is 11.3 Å². The van der Waals surface area contributed by atoms with Crippen molar-refractivity contribution in [3.8, 4) is 5.75 Å². The van der Waals surface area contributed by atoms with E-state index in [1.54, 1.807) is 7.11 Å². The van der Waals surface area contributed by atoms with Crippen molar-refractivity contribution < 1.29 is 9.53 Å². The molecule has 3 N–H and O–H groups in total. The number of nitrogens with one attached hydrogen (secondary N) is 1. The Balaban J connectivity index is 2.12. The number of hydrogen-bond acceptors (Lipinski definition) is 4. The lowest BCUT2D eigenvalue weighted by molar-refractivity contribution is 0.0939.